The Hall–Kier alpha value is -0.970. The second-order valence-electron chi connectivity index (χ2n) is 3.30. The van der Waals surface area contributed by atoms with Crippen LogP contribution in [0, 0.1) is 0 Å². The Morgan fingerprint density at radius 1 is 1.50 bits per heavy atom. The van der Waals surface area contributed by atoms with Crippen LogP contribution in [0.1, 0.15) is 24.6 Å². The SMILES string of the molecule is Cn1cccc1[C@H](N)CCC(F)(F)F. The third-order valence-electron chi connectivity index (χ3n) is 2.10. The number of halogens is 3. The van der Waals surface area contributed by atoms with Crippen molar-refractivity contribution >= 4 is 0 Å². The quantitative estimate of drug-likeness (QED) is 0.808. The predicted octanol–water partition coefficient (Wildman–Crippen LogP) is 2.37. The van der Waals surface area contributed by atoms with E-state index in [1.807, 2.05) is 0 Å². The van der Waals surface area contributed by atoms with E-state index >= 15 is 0 Å². The fourth-order valence-electron chi connectivity index (χ4n) is 1.33. The van der Waals surface area contributed by atoms with Crippen molar-refractivity contribution in [3.05, 3.63) is 24.0 Å². The molecule has 80 valence electrons. The fraction of sp³-hybridized carbons (Fsp3) is 0.556. The minimum atomic E-state index is -4.12. The van der Waals surface area contributed by atoms with Crippen LogP contribution in [0.3, 0.4) is 0 Å². The van der Waals surface area contributed by atoms with E-state index in [9.17, 15) is 13.2 Å². The molecule has 0 bridgehead atoms. The average Bonchev–Trinajstić information content (AvgIpc) is 2.46. The molecule has 1 atom stereocenters. The van der Waals surface area contributed by atoms with Crippen LogP contribution in [-0.2, 0) is 7.05 Å². The Labute approximate surface area is 80.5 Å². The van der Waals surface area contributed by atoms with Crippen LogP contribution >= 0.6 is 0 Å². The highest BCUT2D eigenvalue weighted by atomic mass is 19.4. The summed E-state index contributed by atoms with van der Waals surface area (Å²) in [5, 5.41) is 0. The molecule has 1 rings (SSSR count). The molecule has 1 heterocycles. The molecule has 0 saturated carbocycles. The molecular weight excluding hydrogens is 193 g/mol. The summed E-state index contributed by atoms with van der Waals surface area (Å²) in [4.78, 5) is 0. The van der Waals surface area contributed by atoms with Gasteiger partial charge in [0, 0.05) is 31.4 Å². The lowest BCUT2D eigenvalue weighted by Gasteiger charge is -2.14. The van der Waals surface area contributed by atoms with Gasteiger partial charge in [0.1, 0.15) is 0 Å². The van der Waals surface area contributed by atoms with Gasteiger partial charge in [0.05, 0.1) is 0 Å². The molecule has 5 heteroatoms. The van der Waals surface area contributed by atoms with Crippen molar-refractivity contribution in [2.24, 2.45) is 12.8 Å². The van der Waals surface area contributed by atoms with Gasteiger partial charge in [-0.2, -0.15) is 13.2 Å². The van der Waals surface area contributed by atoms with Crippen molar-refractivity contribution in [2.75, 3.05) is 0 Å². The van der Waals surface area contributed by atoms with E-state index in [4.69, 9.17) is 5.73 Å². The number of aromatic nitrogens is 1. The zero-order chi connectivity index (χ0) is 10.8. The summed E-state index contributed by atoms with van der Waals surface area (Å²) in [5.41, 5.74) is 6.36. The second kappa shape index (κ2) is 4.04. The first-order chi connectivity index (χ1) is 6.40. The molecule has 2 nitrogen and oxygen atoms in total. The number of hydrogen-bond acceptors (Lipinski definition) is 1. The largest absolute Gasteiger partial charge is 0.389 e. The molecule has 0 unspecified atom stereocenters. The number of nitrogens with two attached hydrogens (primary N) is 1. The normalized spacial score (nSPS) is 14.4. The van der Waals surface area contributed by atoms with Crippen molar-refractivity contribution in [1.29, 1.82) is 0 Å². The third-order valence-corrected chi connectivity index (χ3v) is 2.10. The Kier molecular flexibility index (Phi) is 3.21. The van der Waals surface area contributed by atoms with Gasteiger partial charge in [-0.15, -0.1) is 0 Å². The van der Waals surface area contributed by atoms with E-state index in [1.165, 1.54) is 0 Å². The minimum Gasteiger partial charge on any atom is -0.353 e. The average molecular weight is 206 g/mol. The second-order valence-corrected chi connectivity index (χ2v) is 3.30. The summed E-state index contributed by atoms with van der Waals surface area (Å²) in [6.45, 7) is 0. The van der Waals surface area contributed by atoms with Crippen LogP contribution < -0.4 is 5.73 Å². The molecule has 0 aromatic carbocycles. The van der Waals surface area contributed by atoms with E-state index < -0.39 is 18.6 Å². The first-order valence-corrected chi connectivity index (χ1v) is 4.34. The maximum Gasteiger partial charge on any atom is 0.389 e. The van der Waals surface area contributed by atoms with Gasteiger partial charge in [-0.1, -0.05) is 0 Å². The van der Waals surface area contributed by atoms with Gasteiger partial charge in [0.15, 0.2) is 0 Å². The molecule has 0 amide bonds. The van der Waals surface area contributed by atoms with Gasteiger partial charge in [0.25, 0.3) is 0 Å². The van der Waals surface area contributed by atoms with Gasteiger partial charge in [0.2, 0.25) is 0 Å². The number of alkyl halides is 3. The number of nitrogens with zero attached hydrogens (tertiary/aromatic N) is 1. The van der Waals surface area contributed by atoms with Crippen molar-refractivity contribution < 1.29 is 13.2 Å². The number of hydrogen-bond donors (Lipinski definition) is 1. The molecule has 1 aromatic rings. The van der Waals surface area contributed by atoms with Crippen LogP contribution in [0.5, 0.6) is 0 Å². The van der Waals surface area contributed by atoms with E-state index in [2.05, 4.69) is 0 Å². The van der Waals surface area contributed by atoms with E-state index in [1.54, 1.807) is 29.9 Å². The maximum absolute atomic E-state index is 11.9. The third kappa shape index (κ3) is 3.06. The highest BCUT2D eigenvalue weighted by Crippen LogP contribution is 2.26. The van der Waals surface area contributed by atoms with Gasteiger partial charge >= 0.3 is 6.18 Å². The van der Waals surface area contributed by atoms with Gasteiger partial charge in [-0.05, 0) is 18.6 Å². The first kappa shape index (κ1) is 11.1. The van der Waals surface area contributed by atoms with Crippen LogP contribution in [0.4, 0.5) is 13.2 Å². The van der Waals surface area contributed by atoms with Crippen molar-refractivity contribution in [1.82, 2.24) is 4.57 Å². The zero-order valence-electron chi connectivity index (χ0n) is 7.88. The lowest BCUT2D eigenvalue weighted by Crippen LogP contribution is -2.17. The predicted molar refractivity (Wildman–Crippen MR) is 47.6 cm³/mol. The summed E-state index contributed by atoms with van der Waals surface area (Å²) in [6, 6.07) is 2.96. The molecule has 14 heavy (non-hydrogen) atoms. The Bertz CT molecular complexity index is 290. The van der Waals surface area contributed by atoms with E-state index in [-0.39, 0.29) is 6.42 Å². The number of aryl methyl sites for hydroxylation is 1. The Morgan fingerprint density at radius 3 is 2.57 bits per heavy atom. The summed E-state index contributed by atoms with van der Waals surface area (Å²) in [5.74, 6) is 0. The maximum atomic E-state index is 11.9. The van der Waals surface area contributed by atoms with Crippen molar-refractivity contribution in [3.8, 4) is 0 Å². The monoisotopic (exact) mass is 206 g/mol. The van der Waals surface area contributed by atoms with Crippen molar-refractivity contribution in [3.63, 3.8) is 0 Å². The van der Waals surface area contributed by atoms with Crippen LogP contribution in [0.15, 0.2) is 18.3 Å². The molecule has 0 aliphatic heterocycles. The molecule has 0 radical (unpaired) electrons. The molecule has 0 aliphatic rings. The highest BCUT2D eigenvalue weighted by Gasteiger charge is 2.28. The molecule has 0 aliphatic carbocycles. The molecule has 0 spiro atoms. The summed E-state index contributed by atoms with van der Waals surface area (Å²) < 4.78 is 37.4. The van der Waals surface area contributed by atoms with Gasteiger partial charge in [-0.3, -0.25) is 0 Å². The van der Waals surface area contributed by atoms with Crippen molar-refractivity contribution in [2.45, 2.75) is 25.1 Å². The molecule has 0 fully saturated rings. The molecule has 1 aromatic heterocycles. The topological polar surface area (TPSA) is 30.9 Å². The zero-order valence-corrected chi connectivity index (χ0v) is 7.88. The van der Waals surface area contributed by atoms with Gasteiger partial charge < -0.3 is 10.3 Å². The minimum absolute atomic E-state index is 0.0681. The smallest absolute Gasteiger partial charge is 0.353 e. The van der Waals surface area contributed by atoms with Crippen LogP contribution in [0.2, 0.25) is 0 Å². The molecule has 2 N–H and O–H groups in total. The van der Waals surface area contributed by atoms with Gasteiger partial charge in [-0.25, -0.2) is 0 Å². The first-order valence-electron chi connectivity index (χ1n) is 4.34. The Balaban J connectivity index is 2.51. The fourth-order valence-corrected chi connectivity index (χ4v) is 1.33. The molecular formula is C9H13F3N2. The lowest BCUT2D eigenvalue weighted by molar-refractivity contribution is -0.136. The summed E-state index contributed by atoms with van der Waals surface area (Å²) >= 11 is 0. The lowest BCUT2D eigenvalue weighted by atomic mass is 10.1. The van der Waals surface area contributed by atoms with Crippen LogP contribution in [0.25, 0.3) is 0 Å². The van der Waals surface area contributed by atoms with E-state index in [0.717, 1.165) is 5.69 Å². The molecule has 0 saturated heterocycles. The van der Waals surface area contributed by atoms with Crippen LogP contribution in [-0.4, -0.2) is 10.7 Å². The Morgan fingerprint density at radius 2 is 2.14 bits per heavy atom. The highest BCUT2D eigenvalue weighted by molar-refractivity contribution is 5.10. The standard InChI is InChI=1S/C9H13F3N2/c1-14-6-2-3-8(14)7(13)4-5-9(10,11)12/h2-3,6-7H,4-5,13H2,1H3/t7-/m1/s1. The van der Waals surface area contributed by atoms with E-state index in [0.29, 0.717) is 0 Å². The summed E-state index contributed by atoms with van der Waals surface area (Å²) in [7, 11) is 1.77. The summed E-state index contributed by atoms with van der Waals surface area (Å²) in [6.07, 6.45) is -3.26. The number of rotatable bonds is 3.